The number of hydrogen-bond acceptors (Lipinski definition) is 3. The average Bonchev–Trinajstić information content (AvgIpc) is 2.64. The van der Waals surface area contributed by atoms with Gasteiger partial charge in [-0.1, -0.05) is 37.5 Å². The third-order valence-corrected chi connectivity index (χ3v) is 5.68. The van der Waals surface area contributed by atoms with Gasteiger partial charge >= 0.3 is 6.18 Å². The van der Waals surface area contributed by atoms with Crippen molar-refractivity contribution in [2.75, 3.05) is 5.43 Å². The van der Waals surface area contributed by atoms with Gasteiger partial charge in [0.1, 0.15) is 0 Å². The molecule has 1 N–H and O–H groups in total. The Balaban J connectivity index is 1.55. The molecule has 0 unspecified atom stereocenters. The second-order valence-electron chi connectivity index (χ2n) is 6.40. The van der Waals surface area contributed by atoms with Crippen LogP contribution in [0.1, 0.15) is 43.2 Å². The number of hydrazone groups is 1. The maximum Gasteiger partial charge on any atom is 0.416 e. The van der Waals surface area contributed by atoms with Crippen LogP contribution in [0.5, 0.6) is 0 Å². The Kier molecular flexibility index (Phi) is 6.25. The third-order valence-electron chi connectivity index (χ3n) is 4.33. The van der Waals surface area contributed by atoms with E-state index in [1.165, 1.54) is 43.1 Å². The number of alkyl halides is 3. The molecule has 1 saturated carbocycles. The van der Waals surface area contributed by atoms with Crippen LogP contribution in [0.3, 0.4) is 0 Å². The first-order chi connectivity index (χ1) is 12.5. The van der Waals surface area contributed by atoms with Crippen LogP contribution in [0.2, 0.25) is 0 Å². The molecule has 1 aliphatic rings. The fraction of sp³-hybridized carbons (Fsp3) is 0.350. The summed E-state index contributed by atoms with van der Waals surface area (Å²) in [5.41, 5.74) is 3.16. The van der Waals surface area contributed by atoms with Gasteiger partial charge in [0, 0.05) is 10.1 Å². The lowest BCUT2D eigenvalue weighted by atomic mass is 10.0. The summed E-state index contributed by atoms with van der Waals surface area (Å²) >= 11 is 1.93. The summed E-state index contributed by atoms with van der Waals surface area (Å²) in [6.07, 6.45) is 3.82. The average molecular weight is 378 g/mol. The number of halogens is 3. The van der Waals surface area contributed by atoms with Crippen LogP contribution in [0, 0.1) is 0 Å². The molecular weight excluding hydrogens is 357 g/mol. The maximum atomic E-state index is 12.7. The van der Waals surface area contributed by atoms with Crippen LogP contribution in [0.25, 0.3) is 0 Å². The Morgan fingerprint density at radius 3 is 2.42 bits per heavy atom. The predicted molar refractivity (Wildman–Crippen MR) is 102 cm³/mol. The van der Waals surface area contributed by atoms with Crippen LogP contribution < -0.4 is 5.43 Å². The summed E-state index contributed by atoms with van der Waals surface area (Å²) in [5, 5.41) is 4.74. The lowest BCUT2D eigenvalue weighted by molar-refractivity contribution is -0.137. The van der Waals surface area contributed by atoms with E-state index in [0.717, 1.165) is 17.7 Å². The van der Waals surface area contributed by atoms with Crippen LogP contribution in [-0.2, 0) is 6.18 Å². The van der Waals surface area contributed by atoms with Crippen LogP contribution in [0.15, 0.2) is 58.5 Å². The molecule has 1 aliphatic carbocycles. The van der Waals surface area contributed by atoms with Gasteiger partial charge in [-0.3, -0.25) is 5.43 Å². The van der Waals surface area contributed by atoms with Crippen molar-refractivity contribution in [3.63, 3.8) is 0 Å². The third kappa shape index (κ3) is 5.53. The highest BCUT2D eigenvalue weighted by Gasteiger charge is 2.30. The first-order valence-corrected chi connectivity index (χ1v) is 9.62. The number of benzene rings is 2. The van der Waals surface area contributed by atoms with Gasteiger partial charge in [-0.25, -0.2) is 0 Å². The molecule has 138 valence electrons. The Morgan fingerprint density at radius 1 is 1.00 bits per heavy atom. The van der Waals surface area contributed by atoms with Crippen molar-refractivity contribution in [2.24, 2.45) is 5.10 Å². The minimum absolute atomic E-state index is 0.306. The van der Waals surface area contributed by atoms with Gasteiger partial charge in [0.2, 0.25) is 0 Å². The second kappa shape index (κ2) is 8.62. The molecule has 0 aromatic heterocycles. The zero-order chi connectivity index (χ0) is 18.4. The van der Waals surface area contributed by atoms with Gasteiger partial charge < -0.3 is 0 Å². The van der Waals surface area contributed by atoms with Crippen molar-refractivity contribution in [3.8, 4) is 0 Å². The van der Waals surface area contributed by atoms with Crippen molar-refractivity contribution < 1.29 is 13.2 Å². The molecule has 3 rings (SSSR count). The largest absolute Gasteiger partial charge is 0.416 e. The van der Waals surface area contributed by atoms with Gasteiger partial charge in [-0.15, -0.1) is 11.8 Å². The Bertz CT molecular complexity index is 735. The van der Waals surface area contributed by atoms with Crippen molar-refractivity contribution in [1.82, 2.24) is 0 Å². The number of thioether (sulfide) groups is 1. The highest BCUT2D eigenvalue weighted by atomic mass is 32.2. The van der Waals surface area contributed by atoms with Crippen LogP contribution >= 0.6 is 11.8 Å². The lowest BCUT2D eigenvalue weighted by Gasteiger charge is -2.20. The molecule has 2 aromatic rings. The van der Waals surface area contributed by atoms with E-state index in [0.29, 0.717) is 10.9 Å². The highest BCUT2D eigenvalue weighted by Crippen LogP contribution is 2.33. The molecule has 0 amide bonds. The molecule has 0 saturated heterocycles. The van der Waals surface area contributed by atoms with Gasteiger partial charge in [0.05, 0.1) is 17.5 Å². The zero-order valence-corrected chi connectivity index (χ0v) is 15.1. The van der Waals surface area contributed by atoms with E-state index in [2.05, 4.69) is 22.7 Å². The number of anilines is 1. The van der Waals surface area contributed by atoms with E-state index in [-0.39, 0.29) is 0 Å². The maximum absolute atomic E-state index is 12.7. The minimum Gasteiger partial charge on any atom is -0.278 e. The predicted octanol–water partition coefficient (Wildman–Crippen LogP) is 6.58. The van der Waals surface area contributed by atoms with Crippen LogP contribution in [0.4, 0.5) is 18.9 Å². The first kappa shape index (κ1) is 18.8. The minimum atomic E-state index is -4.35. The Morgan fingerprint density at radius 2 is 1.73 bits per heavy atom. The molecule has 2 nitrogen and oxygen atoms in total. The topological polar surface area (TPSA) is 24.4 Å². The quantitative estimate of drug-likeness (QED) is 0.470. The summed E-state index contributed by atoms with van der Waals surface area (Å²) in [5.74, 6) is 0. The molecule has 1 fully saturated rings. The number of nitrogens with zero attached hydrogens (tertiary/aromatic N) is 1. The lowest BCUT2D eigenvalue weighted by Crippen LogP contribution is -2.07. The molecular formula is C20H21F3N2S. The molecule has 0 bridgehead atoms. The van der Waals surface area contributed by atoms with Gasteiger partial charge in [-0.05, 0) is 48.7 Å². The monoisotopic (exact) mass is 378 g/mol. The van der Waals surface area contributed by atoms with E-state index in [9.17, 15) is 13.2 Å². The standard InChI is InChI=1S/C20H21F3N2S/c21-20(22,23)16-5-4-6-17(13-16)25-24-14-15-9-11-19(12-10-15)26-18-7-2-1-3-8-18/h4-6,9-14,18,25H,1-3,7-8H2. The summed E-state index contributed by atoms with van der Waals surface area (Å²) in [4.78, 5) is 1.25. The summed E-state index contributed by atoms with van der Waals surface area (Å²) in [6.45, 7) is 0. The molecule has 0 atom stereocenters. The number of nitrogens with one attached hydrogen (secondary N) is 1. The van der Waals surface area contributed by atoms with E-state index >= 15 is 0 Å². The van der Waals surface area contributed by atoms with Crippen molar-refractivity contribution in [1.29, 1.82) is 0 Å². The second-order valence-corrected chi connectivity index (χ2v) is 7.77. The molecule has 26 heavy (non-hydrogen) atoms. The normalized spacial score (nSPS) is 16.1. The zero-order valence-electron chi connectivity index (χ0n) is 14.3. The van der Waals surface area contributed by atoms with E-state index in [1.807, 2.05) is 23.9 Å². The Hall–Kier alpha value is -1.95. The van der Waals surface area contributed by atoms with Gasteiger partial charge in [-0.2, -0.15) is 18.3 Å². The first-order valence-electron chi connectivity index (χ1n) is 8.74. The number of hydrogen-bond donors (Lipinski definition) is 1. The van der Waals surface area contributed by atoms with Crippen molar-refractivity contribution >= 4 is 23.7 Å². The van der Waals surface area contributed by atoms with Crippen molar-refractivity contribution in [3.05, 3.63) is 59.7 Å². The molecule has 0 aliphatic heterocycles. The fourth-order valence-electron chi connectivity index (χ4n) is 2.95. The number of rotatable bonds is 5. The summed E-state index contributed by atoms with van der Waals surface area (Å²) in [6, 6.07) is 13.1. The molecule has 2 aromatic carbocycles. The van der Waals surface area contributed by atoms with E-state index in [4.69, 9.17) is 0 Å². The van der Waals surface area contributed by atoms with Crippen LogP contribution in [-0.4, -0.2) is 11.5 Å². The van der Waals surface area contributed by atoms with Gasteiger partial charge in [0.25, 0.3) is 0 Å². The highest BCUT2D eigenvalue weighted by molar-refractivity contribution is 8.00. The molecule has 6 heteroatoms. The molecule has 0 spiro atoms. The molecule has 0 radical (unpaired) electrons. The summed E-state index contributed by atoms with van der Waals surface area (Å²) in [7, 11) is 0. The fourth-order valence-corrected chi connectivity index (χ4v) is 4.20. The van der Waals surface area contributed by atoms with E-state index in [1.54, 1.807) is 12.3 Å². The summed E-state index contributed by atoms with van der Waals surface area (Å²) < 4.78 is 38.1. The van der Waals surface area contributed by atoms with Gasteiger partial charge in [0.15, 0.2) is 0 Å². The van der Waals surface area contributed by atoms with E-state index < -0.39 is 11.7 Å². The SMILES string of the molecule is FC(F)(F)c1cccc(NN=Cc2ccc(SC3CCCCC3)cc2)c1. The smallest absolute Gasteiger partial charge is 0.278 e. The Labute approximate surface area is 155 Å². The van der Waals surface area contributed by atoms with Crippen molar-refractivity contribution in [2.45, 2.75) is 48.4 Å². The molecule has 0 heterocycles.